The Balaban J connectivity index is 1.71. The zero-order valence-corrected chi connectivity index (χ0v) is 16.1. The highest BCUT2D eigenvalue weighted by molar-refractivity contribution is 5.94. The number of hydrogen-bond acceptors (Lipinski definition) is 5. The Morgan fingerprint density at radius 2 is 1.79 bits per heavy atom. The number of hydrogen-bond donors (Lipinski definition) is 2. The van der Waals surface area contributed by atoms with E-state index in [1.54, 1.807) is 18.5 Å². The van der Waals surface area contributed by atoms with Crippen LogP contribution in [0.2, 0.25) is 0 Å². The van der Waals surface area contributed by atoms with E-state index < -0.39 is 0 Å². The van der Waals surface area contributed by atoms with Gasteiger partial charge in [-0.25, -0.2) is 0 Å². The molecule has 2 aromatic carbocycles. The second-order valence-electron chi connectivity index (χ2n) is 6.56. The molecule has 0 atom stereocenters. The number of ether oxygens (including phenoxy) is 1. The predicted octanol–water partition coefficient (Wildman–Crippen LogP) is 3.91. The van der Waals surface area contributed by atoms with Gasteiger partial charge in [0, 0.05) is 19.3 Å². The lowest BCUT2D eigenvalue weighted by atomic mass is 10.2. The number of likely N-dealkylation sites (N-methyl/N-ethyl adjacent to an activating group) is 1. The summed E-state index contributed by atoms with van der Waals surface area (Å²) in [5.74, 6) is 1.30. The molecule has 3 aromatic rings. The summed E-state index contributed by atoms with van der Waals surface area (Å²) in [7, 11) is 3.93. The van der Waals surface area contributed by atoms with Crippen LogP contribution in [0, 0.1) is 0 Å². The summed E-state index contributed by atoms with van der Waals surface area (Å²) in [5.41, 5.74) is 2.01. The molecule has 3 rings (SSSR count). The predicted molar refractivity (Wildman–Crippen MR) is 111 cm³/mol. The van der Waals surface area contributed by atoms with E-state index in [0.29, 0.717) is 23.5 Å². The lowest BCUT2D eigenvalue weighted by Crippen LogP contribution is -2.31. The van der Waals surface area contributed by atoms with Gasteiger partial charge >= 0.3 is 0 Å². The van der Waals surface area contributed by atoms with Crippen LogP contribution < -0.4 is 15.4 Å². The minimum absolute atomic E-state index is 0.146. The van der Waals surface area contributed by atoms with Gasteiger partial charge in [0.25, 0.3) is 5.91 Å². The van der Waals surface area contributed by atoms with Crippen LogP contribution in [-0.2, 0) is 0 Å². The van der Waals surface area contributed by atoms with Gasteiger partial charge in [0.05, 0.1) is 23.1 Å². The minimum Gasteiger partial charge on any atom is -0.455 e. The van der Waals surface area contributed by atoms with E-state index in [9.17, 15) is 4.79 Å². The van der Waals surface area contributed by atoms with Gasteiger partial charge < -0.3 is 20.3 Å². The lowest BCUT2D eigenvalue weighted by Gasteiger charge is -2.14. The Hall–Kier alpha value is -3.38. The third kappa shape index (κ3) is 5.56. The first-order chi connectivity index (χ1) is 13.6. The Morgan fingerprint density at radius 1 is 1.04 bits per heavy atom. The first-order valence-corrected chi connectivity index (χ1v) is 9.09. The molecule has 0 aliphatic heterocycles. The summed E-state index contributed by atoms with van der Waals surface area (Å²) in [6, 6.07) is 19.0. The Labute approximate surface area is 165 Å². The molecule has 0 unspecified atom stereocenters. The smallest absolute Gasteiger partial charge is 0.252 e. The zero-order chi connectivity index (χ0) is 19.8. The number of para-hydroxylation sites is 3. The number of rotatable bonds is 8. The van der Waals surface area contributed by atoms with Gasteiger partial charge in [-0.15, -0.1) is 0 Å². The highest BCUT2D eigenvalue weighted by atomic mass is 16.5. The molecule has 1 aromatic heterocycles. The van der Waals surface area contributed by atoms with Gasteiger partial charge in [0.15, 0.2) is 5.75 Å². The molecule has 144 valence electrons. The summed E-state index contributed by atoms with van der Waals surface area (Å²) < 4.78 is 5.97. The highest BCUT2D eigenvalue weighted by Gasteiger charge is 2.09. The molecule has 0 fully saturated rings. The number of carbonyl (C=O) groups excluding carboxylic acids is 1. The molecule has 6 nitrogen and oxygen atoms in total. The normalized spacial score (nSPS) is 10.5. The van der Waals surface area contributed by atoms with Gasteiger partial charge in [-0.3, -0.25) is 9.78 Å². The van der Waals surface area contributed by atoms with E-state index in [4.69, 9.17) is 4.74 Å². The summed E-state index contributed by atoms with van der Waals surface area (Å²) in [5, 5.41) is 6.18. The largest absolute Gasteiger partial charge is 0.455 e. The van der Waals surface area contributed by atoms with E-state index in [2.05, 4.69) is 15.6 Å². The number of anilines is 2. The molecule has 6 heteroatoms. The van der Waals surface area contributed by atoms with Crippen molar-refractivity contribution in [2.24, 2.45) is 0 Å². The second kappa shape index (κ2) is 9.53. The van der Waals surface area contributed by atoms with Crippen molar-refractivity contribution in [2.45, 2.75) is 0 Å². The van der Waals surface area contributed by atoms with Crippen molar-refractivity contribution in [2.75, 3.05) is 32.5 Å². The van der Waals surface area contributed by atoms with Crippen LogP contribution in [0.4, 0.5) is 11.4 Å². The molecule has 2 N–H and O–H groups in total. The SMILES string of the molecule is CN(C)CCNC(=O)c1cncc(Nc2ccccc2Oc2ccccc2)c1. The third-order valence-electron chi connectivity index (χ3n) is 3.98. The molecule has 0 aliphatic rings. The molecule has 0 saturated carbocycles. The Kier molecular flexibility index (Phi) is 6.59. The van der Waals surface area contributed by atoms with Crippen LogP contribution in [-0.4, -0.2) is 43.0 Å². The van der Waals surface area contributed by atoms with E-state index in [1.165, 1.54) is 0 Å². The molecule has 0 saturated heterocycles. The summed E-state index contributed by atoms with van der Waals surface area (Å²) in [4.78, 5) is 18.5. The fraction of sp³-hybridized carbons (Fsp3) is 0.182. The van der Waals surface area contributed by atoms with Crippen LogP contribution in [0.5, 0.6) is 11.5 Å². The monoisotopic (exact) mass is 376 g/mol. The molecule has 28 heavy (non-hydrogen) atoms. The number of nitrogens with one attached hydrogen (secondary N) is 2. The molecule has 0 bridgehead atoms. The standard InChI is InChI=1S/C22H24N4O2/c1-26(2)13-12-24-22(27)17-14-18(16-23-15-17)25-20-10-6-7-11-21(20)28-19-8-4-3-5-9-19/h3-11,14-16,25H,12-13H2,1-2H3,(H,24,27). The van der Waals surface area contributed by atoms with Crippen molar-refractivity contribution in [3.8, 4) is 11.5 Å². The maximum absolute atomic E-state index is 12.3. The van der Waals surface area contributed by atoms with Gasteiger partial charge in [0.2, 0.25) is 0 Å². The van der Waals surface area contributed by atoms with E-state index in [-0.39, 0.29) is 5.91 Å². The molecule has 0 radical (unpaired) electrons. The molecular weight excluding hydrogens is 352 g/mol. The van der Waals surface area contributed by atoms with Crippen LogP contribution in [0.3, 0.4) is 0 Å². The number of benzene rings is 2. The summed E-state index contributed by atoms with van der Waals surface area (Å²) >= 11 is 0. The maximum atomic E-state index is 12.3. The average molecular weight is 376 g/mol. The minimum atomic E-state index is -0.146. The second-order valence-corrected chi connectivity index (χ2v) is 6.56. The molecule has 1 amide bonds. The van der Waals surface area contributed by atoms with Gasteiger partial charge in [-0.1, -0.05) is 30.3 Å². The number of carbonyl (C=O) groups is 1. The van der Waals surface area contributed by atoms with Crippen molar-refractivity contribution in [1.82, 2.24) is 15.2 Å². The molecule has 0 spiro atoms. The fourth-order valence-corrected chi connectivity index (χ4v) is 2.56. The van der Waals surface area contributed by atoms with Crippen LogP contribution in [0.25, 0.3) is 0 Å². The molecule has 0 aliphatic carbocycles. The highest BCUT2D eigenvalue weighted by Crippen LogP contribution is 2.31. The molecule has 1 heterocycles. The van der Waals surface area contributed by atoms with Crippen molar-refractivity contribution in [3.05, 3.63) is 78.6 Å². The Morgan fingerprint density at radius 3 is 2.57 bits per heavy atom. The van der Waals surface area contributed by atoms with E-state index in [0.717, 1.165) is 18.0 Å². The fourth-order valence-electron chi connectivity index (χ4n) is 2.56. The van der Waals surface area contributed by atoms with Gasteiger partial charge in [0.1, 0.15) is 5.75 Å². The summed E-state index contributed by atoms with van der Waals surface area (Å²) in [6.07, 6.45) is 3.23. The first-order valence-electron chi connectivity index (χ1n) is 9.09. The summed E-state index contributed by atoms with van der Waals surface area (Å²) in [6.45, 7) is 1.36. The number of aromatic nitrogens is 1. The first kappa shape index (κ1) is 19.4. The number of nitrogens with zero attached hydrogens (tertiary/aromatic N) is 2. The van der Waals surface area contributed by atoms with Crippen molar-refractivity contribution >= 4 is 17.3 Å². The quantitative estimate of drug-likeness (QED) is 0.624. The van der Waals surface area contributed by atoms with E-state index in [1.807, 2.05) is 73.6 Å². The van der Waals surface area contributed by atoms with Crippen LogP contribution in [0.15, 0.2) is 73.1 Å². The van der Waals surface area contributed by atoms with Gasteiger partial charge in [-0.2, -0.15) is 0 Å². The van der Waals surface area contributed by atoms with Crippen LogP contribution in [0.1, 0.15) is 10.4 Å². The molecular formula is C22H24N4O2. The third-order valence-corrected chi connectivity index (χ3v) is 3.98. The zero-order valence-electron chi connectivity index (χ0n) is 16.1. The topological polar surface area (TPSA) is 66.5 Å². The maximum Gasteiger partial charge on any atom is 0.252 e. The van der Waals surface area contributed by atoms with Crippen molar-refractivity contribution in [3.63, 3.8) is 0 Å². The van der Waals surface area contributed by atoms with Crippen LogP contribution >= 0.6 is 0 Å². The average Bonchev–Trinajstić information content (AvgIpc) is 2.70. The number of amides is 1. The van der Waals surface area contributed by atoms with Gasteiger partial charge in [-0.05, 0) is 44.4 Å². The number of pyridine rings is 1. The Bertz CT molecular complexity index is 913. The van der Waals surface area contributed by atoms with Crippen molar-refractivity contribution < 1.29 is 9.53 Å². The van der Waals surface area contributed by atoms with E-state index >= 15 is 0 Å². The lowest BCUT2D eigenvalue weighted by molar-refractivity contribution is 0.0950. The van der Waals surface area contributed by atoms with Crippen molar-refractivity contribution in [1.29, 1.82) is 0 Å².